The third kappa shape index (κ3) is 2.07. The number of hydrogen-bond acceptors (Lipinski definition) is 5. The van der Waals surface area contributed by atoms with Gasteiger partial charge in [-0.25, -0.2) is 0 Å². The fraction of sp³-hybridized carbons (Fsp3) is 0.600. The van der Waals surface area contributed by atoms with Crippen molar-refractivity contribution in [2.45, 2.75) is 31.5 Å². The summed E-state index contributed by atoms with van der Waals surface area (Å²) in [4.78, 5) is 11.6. The summed E-state index contributed by atoms with van der Waals surface area (Å²) < 4.78 is 10.2. The highest BCUT2D eigenvalue weighted by Gasteiger charge is 2.40. The summed E-state index contributed by atoms with van der Waals surface area (Å²) in [7, 11) is 0. The van der Waals surface area contributed by atoms with Crippen LogP contribution in [0, 0.1) is 0 Å². The molecular weight excluding hydrogens is 210 g/mol. The Hall–Kier alpha value is -1.40. The molecule has 3 atom stereocenters. The number of nitrogens with one attached hydrogen (secondary N) is 1. The molecule has 2 rings (SSSR count). The number of nitrogens with two attached hydrogens (primary N) is 1. The molecule has 1 aromatic rings. The summed E-state index contributed by atoms with van der Waals surface area (Å²) >= 11 is 0. The zero-order chi connectivity index (χ0) is 11.5. The SMILES string of the molecule is CCOC1CC(N)C1NC(=O)c1ccno1. The van der Waals surface area contributed by atoms with E-state index in [1.54, 1.807) is 0 Å². The van der Waals surface area contributed by atoms with Crippen LogP contribution in [0.4, 0.5) is 0 Å². The minimum Gasteiger partial charge on any atom is -0.376 e. The van der Waals surface area contributed by atoms with Gasteiger partial charge in [-0.3, -0.25) is 4.79 Å². The standard InChI is InChI=1S/C10H15N3O3/c1-2-15-8-5-6(11)9(8)13-10(14)7-3-4-12-16-7/h3-4,6,8-9H,2,5,11H2,1H3,(H,13,14). The van der Waals surface area contributed by atoms with E-state index in [4.69, 9.17) is 15.0 Å². The molecule has 1 aliphatic carbocycles. The first-order valence-electron chi connectivity index (χ1n) is 5.31. The van der Waals surface area contributed by atoms with Crippen LogP contribution < -0.4 is 11.1 Å². The summed E-state index contributed by atoms with van der Waals surface area (Å²) in [6.07, 6.45) is 2.21. The lowest BCUT2D eigenvalue weighted by molar-refractivity contribution is -0.0303. The van der Waals surface area contributed by atoms with E-state index in [1.165, 1.54) is 12.3 Å². The number of aromatic nitrogens is 1. The molecule has 0 aliphatic heterocycles. The van der Waals surface area contributed by atoms with E-state index in [-0.39, 0.29) is 29.9 Å². The third-order valence-corrected chi connectivity index (χ3v) is 2.71. The van der Waals surface area contributed by atoms with Crippen LogP contribution in [0.15, 0.2) is 16.8 Å². The van der Waals surface area contributed by atoms with Crippen molar-refractivity contribution in [2.24, 2.45) is 5.73 Å². The molecule has 0 radical (unpaired) electrons. The molecule has 1 fully saturated rings. The van der Waals surface area contributed by atoms with Gasteiger partial charge in [-0.15, -0.1) is 0 Å². The Kier molecular flexibility index (Phi) is 3.21. The van der Waals surface area contributed by atoms with Crippen LogP contribution in [0.25, 0.3) is 0 Å². The molecule has 0 bridgehead atoms. The van der Waals surface area contributed by atoms with Gasteiger partial charge in [0, 0.05) is 18.7 Å². The molecule has 0 spiro atoms. The topological polar surface area (TPSA) is 90.4 Å². The first-order chi connectivity index (χ1) is 7.72. The zero-order valence-electron chi connectivity index (χ0n) is 9.05. The Bertz CT molecular complexity index is 350. The molecule has 88 valence electrons. The van der Waals surface area contributed by atoms with Gasteiger partial charge in [-0.2, -0.15) is 0 Å². The maximum atomic E-state index is 11.6. The second kappa shape index (κ2) is 4.63. The van der Waals surface area contributed by atoms with E-state index >= 15 is 0 Å². The van der Waals surface area contributed by atoms with Crippen molar-refractivity contribution in [3.63, 3.8) is 0 Å². The first kappa shape index (κ1) is 11.1. The van der Waals surface area contributed by atoms with Crippen LogP contribution in [-0.4, -0.2) is 35.9 Å². The quantitative estimate of drug-likeness (QED) is 0.747. The molecule has 1 amide bonds. The Balaban J connectivity index is 1.91. The second-order valence-corrected chi connectivity index (χ2v) is 3.77. The predicted molar refractivity (Wildman–Crippen MR) is 55.8 cm³/mol. The molecule has 1 heterocycles. The number of ether oxygens (including phenoxy) is 1. The van der Waals surface area contributed by atoms with E-state index in [9.17, 15) is 4.79 Å². The van der Waals surface area contributed by atoms with Gasteiger partial charge in [0.1, 0.15) is 0 Å². The molecule has 0 aromatic carbocycles. The normalized spacial score (nSPS) is 28.5. The average Bonchev–Trinajstić information content (AvgIpc) is 2.79. The first-order valence-corrected chi connectivity index (χ1v) is 5.31. The summed E-state index contributed by atoms with van der Waals surface area (Å²) in [5, 5.41) is 6.25. The number of hydrogen-bond donors (Lipinski definition) is 2. The van der Waals surface area contributed by atoms with Gasteiger partial charge in [0.15, 0.2) is 0 Å². The fourth-order valence-corrected chi connectivity index (χ4v) is 1.78. The van der Waals surface area contributed by atoms with Crippen LogP contribution in [0.2, 0.25) is 0 Å². The number of amides is 1. The molecule has 6 nitrogen and oxygen atoms in total. The largest absolute Gasteiger partial charge is 0.376 e. The van der Waals surface area contributed by atoms with E-state index in [0.29, 0.717) is 6.61 Å². The average molecular weight is 225 g/mol. The minimum absolute atomic E-state index is 0.00636. The summed E-state index contributed by atoms with van der Waals surface area (Å²) in [6, 6.07) is 1.32. The van der Waals surface area contributed by atoms with E-state index in [1.807, 2.05) is 6.92 Å². The molecule has 1 aromatic heterocycles. The smallest absolute Gasteiger partial charge is 0.290 e. The van der Waals surface area contributed by atoms with Gasteiger partial charge in [0.25, 0.3) is 5.91 Å². The van der Waals surface area contributed by atoms with Crippen molar-refractivity contribution in [3.05, 3.63) is 18.0 Å². The number of nitrogens with zero attached hydrogens (tertiary/aromatic N) is 1. The van der Waals surface area contributed by atoms with Gasteiger partial charge < -0.3 is 20.3 Å². The van der Waals surface area contributed by atoms with Crippen molar-refractivity contribution in [3.8, 4) is 0 Å². The van der Waals surface area contributed by atoms with Crippen LogP contribution in [0.1, 0.15) is 23.9 Å². The molecule has 1 saturated carbocycles. The van der Waals surface area contributed by atoms with Crippen LogP contribution in [-0.2, 0) is 4.74 Å². The van der Waals surface area contributed by atoms with Gasteiger partial charge in [-0.1, -0.05) is 5.16 Å². The highest BCUT2D eigenvalue weighted by Crippen LogP contribution is 2.22. The fourth-order valence-electron chi connectivity index (χ4n) is 1.78. The molecule has 3 unspecified atom stereocenters. The molecule has 0 saturated heterocycles. The van der Waals surface area contributed by atoms with Crippen molar-refractivity contribution in [2.75, 3.05) is 6.61 Å². The van der Waals surface area contributed by atoms with Crippen molar-refractivity contribution in [1.82, 2.24) is 10.5 Å². The Morgan fingerprint density at radius 1 is 1.81 bits per heavy atom. The highest BCUT2D eigenvalue weighted by atomic mass is 16.5. The Morgan fingerprint density at radius 3 is 3.19 bits per heavy atom. The molecule has 1 aliphatic rings. The lowest BCUT2D eigenvalue weighted by atomic mass is 9.83. The van der Waals surface area contributed by atoms with Crippen LogP contribution >= 0.6 is 0 Å². The van der Waals surface area contributed by atoms with Crippen molar-refractivity contribution < 1.29 is 14.1 Å². The van der Waals surface area contributed by atoms with Crippen molar-refractivity contribution in [1.29, 1.82) is 0 Å². The van der Waals surface area contributed by atoms with E-state index in [2.05, 4.69) is 10.5 Å². The summed E-state index contributed by atoms with van der Waals surface area (Å²) in [5.74, 6) is -0.114. The van der Waals surface area contributed by atoms with Gasteiger partial charge in [-0.05, 0) is 13.3 Å². The third-order valence-electron chi connectivity index (χ3n) is 2.71. The second-order valence-electron chi connectivity index (χ2n) is 3.77. The number of carbonyl (C=O) groups is 1. The maximum absolute atomic E-state index is 11.6. The molecule has 16 heavy (non-hydrogen) atoms. The number of rotatable bonds is 4. The lowest BCUT2D eigenvalue weighted by Crippen LogP contribution is -2.64. The van der Waals surface area contributed by atoms with Crippen LogP contribution in [0.5, 0.6) is 0 Å². The van der Waals surface area contributed by atoms with E-state index < -0.39 is 0 Å². The zero-order valence-corrected chi connectivity index (χ0v) is 9.05. The maximum Gasteiger partial charge on any atom is 0.290 e. The molecular formula is C10H15N3O3. The molecule has 6 heteroatoms. The number of carbonyl (C=O) groups excluding carboxylic acids is 1. The van der Waals surface area contributed by atoms with Gasteiger partial charge >= 0.3 is 0 Å². The molecule has 3 N–H and O–H groups in total. The Morgan fingerprint density at radius 2 is 2.62 bits per heavy atom. The van der Waals surface area contributed by atoms with Gasteiger partial charge in [0.05, 0.1) is 18.3 Å². The lowest BCUT2D eigenvalue weighted by Gasteiger charge is -2.42. The highest BCUT2D eigenvalue weighted by molar-refractivity contribution is 5.91. The minimum atomic E-state index is -0.303. The van der Waals surface area contributed by atoms with Crippen LogP contribution in [0.3, 0.4) is 0 Å². The van der Waals surface area contributed by atoms with Gasteiger partial charge in [0.2, 0.25) is 5.76 Å². The Labute approximate surface area is 93.1 Å². The van der Waals surface area contributed by atoms with Crippen molar-refractivity contribution >= 4 is 5.91 Å². The summed E-state index contributed by atoms with van der Waals surface area (Å²) in [6.45, 7) is 2.53. The van der Waals surface area contributed by atoms with E-state index in [0.717, 1.165) is 6.42 Å². The monoisotopic (exact) mass is 225 g/mol. The predicted octanol–water partition coefficient (Wildman–Crippen LogP) is -0.0909. The summed E-state index contributed by atoms with van der Waals surface area (Å²) in [5.41, 5.74) is 5.80.